The van der Waals surface area contributed by atoms with Crippen molar-refractivity contribution in [2.24, 2.45) is 0 Å². The third-order valence-corrected chi connectivity index (χ3v) is 4.65. The Balaban J connectivity index is 1.55. The maximum Gasteiger partial charge on any atom is 0.248 e. The molecule has 0 radical (unpaired) electrons. The topological polar surface area (TPSA) is 77.6 Å². The van der Waals surface area contributed by atoms with E-state index in [0.29, 0.717) is 23.1 Å². The first-order valence-electron chi connectivity index (χ1n) is 8.05. The minimum atomic E-state index is -0.186. The van der Waals surface area contributed by atoms with Gasteiger partial charge < -0.3 is 0 Å². The van der Waals surface area contributed by atoms with Crippen molar-refractivity contribution in [2.45, 2.75) is 33.4 Å². The van der Waals surface area contributed by atoms with Crippen molar-refractivity contribution >= 4 is 35.1 Å². The molecule has 0 aliphatic heterocycles. The van der Waals surface area contributed by atoms with Gasteiger partial charge in [-0.1, -0.05) is 35.3 Å². The van der Waals surface area contributed by atoms with E-state index < -0.39 is 0 Å². The molecule has 1 aromatic carbocycles. The molecule has 2 heterocycles. The average molecular weight is 393 g/mol. The minimum Gasteiger partial charge on any atom is -0.293 e. The second-order valence-electron chi connectivity index (χ2n) is 5.90. The highest BCUT2D eigenvalue weighted by Crippen LogP contribution is 2.19. The molecule has 0 saturated heterocycles. The third-order valence-electron chi connectivity index (χ3n) is 3.87. The number of carbonyl (C=O) groups excluding carboxylic acids is 1. The summed E-state index contributed by atoms with van der Waals surface area (Å²) in [4.78, 5) is 16.2. The zero-order valence-electron chi connectivity index (χ0n) is 14.4. The zero-order chi connectivity index (χ0) is 18.7. The van der Waals surface area contributed by atoms with Crippen LogP contribution in [0.3, 0.4) is 0 Å². The van der Waals surface area contributed by atoms with Crippen LogP contribution in [-0.4, -0.2) is 30.5 Å². The number of nitrogens with zero attached hydrogens (tertiary/aromatic N) is 5. The van der Waals surface area contributed by atoms with Crippen molar-refractivity contribution in [2.75, 3.05) is 5.32 Å². The number of carbonyl (C=O) groups is 1. The van der Waals surface area contributed by atoms with E-state index in [1.807, 2.05) is 38.1 Å². The Morgan fingerprint density at radius 2 is 2.04 bits per heavy atom. The summed E-state index contributed by atoms with van der Waals surface area (Å²) in [6.45, 7) is 4.67. The third kappa shape index (κ3) is 4.42. The molecule has 0 atom stereocenters. The zero-order valence-corrected chi connectivity index (χ0v) is 15.9. The van der Waals surface area contributed by atoms with E-state index in [1.54, 1.807) is 15.7 Å². The number of aryl methyl sites for hydroxylation is 2. The van der Waals surface area contributed by atoms with Gasteiger partial charge in [0.1, 0.15) is 6.33 Å². The summed E-state index contributed by atoms with van der Waals surface area (Å²) >= 11 is 12.1. The molecule has 0 fully saturated rings. The van der Waals surface area contributed by atoms with Gasteiger partial charge in [-0.05, 0) is 31.5 Å². The molecular weight excluding hydrogens is 375 g/mol. The number of rotatable bonds is 6. The van der Waals surface area contributed by atoms with Gasteiger partial charge in [-0.3, -0.25) is 14.8 Å². The molecular formula is C17H18Cl2N6O. The number of nitrogens with one attached hydrogen (secondary N) is 1. The average Bonchev–Trinajstić information content (AvgIpc) is 3.12. The highest BCUT2D eigenvalue weighted by atomic mass is 35.5. The Morgan fingerprint density at radius 1 is 1.23 bits per heavy atom. The Morgan fingerprint density at radius 3 is 2.73 bits per heavy atom. The molecule has 26 heavy (non-hydrogen) atoms. The van der Waals surface area contributed by atoms with E-state index in [1.165, 1.54) is 0 Å². The van der Waals surface area contributed by atoms with Crippen LogP contribution in [0.4, 0.5) is 5.95 Å². The smallest absolute Gasteiger partial charge is 0.248 e. The van der Waals surface area contributed by atoms with E-state index in [2.05, 4.69) is 20.5 Å². The lowest BCUT2D eigenvalue weighted by Crippen LogP contribution is -2.16. The van der Waals surface area contributed by atoms with Crippen molar-refractivity contribution in [1.82, 2.24) is 24.5 Å². The maximum absolute atomic E-state index is 12.1. The van der Waals surface area contributed by atoms with Crippen LogP contribution in [0.5, 0.6) is 0 Å². The van der Waals surface area contributed by atoms with Gasteiger partial charge in [0.2, 0.25) is 11.9 Å². The fourth-order valence-electron chi connectivity index (χ4n) is 2.54. The van der Waals surface area contributed by atoms with Crippen molar-refractivity contribution in [3.05, 3.63) is 57.6 Å². The van der Waals surface area contributed by atoms with Gasteiger partial charge in [0, 0.05) is 11.4 Å². The molecule has 136 valence electrons. The molecule has 0 saturated carbocycles. The molecule has 0 aliphatic rings. The molecule has 1 amide bonds. The van der Waals surface area contributed by atoms with Crippen LogP contribution in [0.25, 0.3) is 0 Å². The standard InChI is InChI=1S/C17H18Cl2N6O/c1-11-16(19)12(2)25(22-11)7-6-15(26)21-17-20-10-24(23-17)9-13-4-3-5-14(18)8-13/h3-5,8,10H,6-7,9H2,1-2H3,(H,21,23,26). The van der Waals surface area contributed by atoms with E-state index in [0.717, 1.165) is 17.0 Å². The lowest BCUT2D eigenvalue weighted by Gasteiger charge is -2.04. The van der Waals surface area contributed by atoms with Gasteiger partial charge in [0.25, 0.3) is 0 Å². The van der Waals surface area contributed by atoms with Crippen LogP contribution in [-0.2, 0) is 17.9 Å². The van der Waals surface area contributed by atoms with Crippen LogP contribution in [0.15, 0.2) is 30.6 Å². The molecule has 3 aromatic rings. The quantitative estimate of drug-likeness (QED) is 0.696. The highest BCUT2D eigenvalue weighted by Gasteiger charge is 2.12. The van der Waals surface area contributed by atoms with Crippen LogP contribution >= 0.6 is 23.2 Å². The number of halogens is 2. The SMILES string of the molecule is Cc1nn(CCC(=O)Nc2ncn(Cc3cccc(Cl)c3)n2)c(C)c1Cl. The van der Waals surface area contributed by atoms with Gasteiger partial charge in [-0.25, -0.2) is 9.67 Å². The molecule has 9 heteroatoms. The number of benzene rings is 1. The van der Waals surface area contributed by atoms with Gasteiger partial charge in [-0.2, -0.15) is 5.10 Å². The Kier molecular flexibility index (Phi) is 5.58. The summed E-state index contributed by atoms with van der Waals surface area (Å²) < 4.78 is 3.37. The van der Waals surface area contributed by atoms with Gasteiger partial charge >= 0.3 is 0 Å². The first-order valence-corrected chi connectivity index (χ1v) is 8.81. The van der Waals surface area contributed by atoms with Crippen molar-refractivity contribution in [3.8, 4) is 0 Å². The largest absolute Gasteiger partial charge is 0.293 e. The van der Waals surface area contributed by atoms with Crippen LogP contribution < -0.4 is 5.32 Å². The predicted octanol–water partition coefficient (Wildman–Crippen LogP) is 3.48. The van der Waals surface area contributed by atoms with Crippen molar-refractivity contribution in [1.29, 1.82) is 0 Å². The Labute approximate surface area is 160 Å². The summed E-state index contributed by atoms with van der Waals surface area (Å²) in [5.74, 6) is 0.0811. The molecule has 7 nitrogen and oxygen atoms in total. The number of aromatic nitrogens is 5. The summed E-state index contributed by atoms with van der Waals surface area (Å²) in [5.41, 5.74) is 2.61. The number of amides is 1. The monoisotopic (exact) mass is 392 g/mol. The summed E-state index contributed by atoms with van der Waals surface area (Å²) in [5, 5.41) is 12.5. The molecule has 0 spiro atoms. The van der Waals surface area contributed by atoms with E-state index >= 15 is 0 Å². The number of anilines is 1. The summed E-state index contributed by atoms with van der Waals surface area (Å²) in [7, 11) is 0. The second-order valence-corrected chi connectivity index (χ2v) is 6.72. The van der Waals surface area contributed by atoms with Crippen LogP contribution in [0, 0.1) is 13.8 Å². The summed E-state index contributed by atoms with van der Waals surface area (Å²) in [6.07, 6.45) is 1.82. The molecule has 0 bridgehead atoms. The molecule has 2 aromatic heterocycles. The first kappa shape index (κ1) is 18.4. The summed E-state index contributed by atoms with van der Waals surface area (Å²) in [6, 6.07) is 7.50. The van der Waals surface area contributed by atoms with Crippen molar-refractivity contribution < 1.29 is 4.79 Å². The van der Waals surface area contributed by atoms with Gasteiger partial charge in [-0.15, -0.1) is 5.10 Å². The fourth-order valence-corrected chi connectivity index (χ4v) is 2.89. The van der Waals surface area contributed by atoms with Gasteiger partial charge in [0.05, 0.1) is 29.5 Å². The van der Waals surface area contributed by atoms with E-state index in [-0.39, 0.29) is 18.3 Å². The van der Waals surface area contributed by atoms with E-state index in [9.17, 15) is 4.79 Å². The molecule has 0 aliphatic carbocycles. The Bertz CT molecular complexity index is 933. The fraction of sp³-hybridized carbons (Fsp3) is 0.294. The molecule has 3 rings (SSSR count). The highest BCUT2D eigenvalue weighted by molar-refractivity contribution is 6.31. The lowest BCUT2D eigenvalue weighted by atomic mass is 10.2. The minimum absolute atomic E-state index is 0.186. The van der Waals surface area contributed by atoms with Crippen LogP contribution in [0.1, 0.15) is 23.4 Å². The van der Waals surface area contributed by atoms with Crippen molar-refractivity contribution in [3.63, 3.8) is 0 Å². The number of hydrogen-bond acceptors (Lipinski definition) is 4. The normalized spacial score (nSPS) is 10.9. The molecule has 0 unspecified atom stereocenters. The maximum atomic E-state index is 12.1. The predicted molar refractivity (Wildman–Crippen MR) is 101 cm³/mol. The lowest BCUT2D eigenvalue weighted by molar-refractivity contribution is -0.116. The Hall–Kier alpha value is -2.38. The van der Waals surface area contributed by atoms with Gasteiger partial charge in [0.15, 0.2) is 0 Å². The second kappa shape index (κ2) is 7.88. The van der Waals surface area contributed by atoms with Crippen LogP contribution in [0.2, 0.25) is 10.0 Å². The molecule has 1 N–H and O–H groups in total. The number of hydrogen-bond donors (Lipinski definition) is 1. The first-order chi connectivity index (χ1) is 12.4. The van der Waals surface area contributed by atoms with E-state index in [4.69, 9.17) is 23.2 Å².